The summed E-state index contributed by atoms with van der Waals surface area (Å²) >= 11 is 0. The van der Waals surface area contributed by atoms with E-state index in [1.54, 1.807) is 0 Å². The Kier molecular flexibility index (Phi) is 5.82. The summed E-state index contributed by atoms with van der Waals surface area (Å²) in [6.07, 6.45) is 4.52. The van der Waals surface area contributed by atoms with Crippen molar-refractivity contribution in [2.75, 3.05) is 19.7 Å². The lowest BCUT2D eigenvalue weighted by atomic mass is 9.95. The van der Waals surface area contributed by atoms with Crippen LogP contribution in [0.25, 0.3) is 10.9 Å². The van der Waals surface area contributed by atoms with Crippen LogP contribution in [0, 0.1) is 19.8 Å². The Bertz CT molecular complexity index is 1160. The first kappa shape index (κ1) is 21.3. The highest BCUT2D eigenvalue weighted by molar-refractivity contribution is 5.83. The second-order valence-electron chi connectivity index (χ2n) is 9.52. The molecule has 0 aliphatic carbocycles. The number of hydrogen-bond donors (Lipinski definition) is 1. The molecule has 0 saturated carbocycles. The normalized spacial score (nSPS) is 23.1. The number of aryl methyl sites for hydroxylation is 2. The molecule has 0 amide bonds. The maximum absolute atomic E-state index is 13.4. The van der Waals surface area contributed by atoms with E-state index in [9.17, 15) is 4.79 Å². The number of fused-ring (bicyclic) bond motifs is 1. The van der Waals surface area contributed by atoms with E-state index < -0.39 is 0 Å². The molecule has 2 aromatic heterocycles. The fourth-order valence-electron chi connectivity index (χ4n) is 5.22. The molecule has 0 spiro atoms. The van der Waals surface area contributed by atoms with Gasteiger partial charge in [-0.1, -0.05) is 19.1 Å². The molecule has 3 atom stereocenters. The van der Waals surface area contributed by atoms with Crippen LogP contribution in [0.5, 0.6) is 0 Å². The number of ether oxygens (including phenoxy) is 1. The van der Waals surface area contributed by atoms with Crippen molar-refractivity contribution >= 4 is 10.9 Å². The largest absolute Gasteiger partial charge is 0.376 e. The number of nitrogens with one attached hydrogen (secondary N) is 1. The number of piperidine rings is 1. The molecule has 170 valence electrons. The van der Waals surface area contributed by atoms with Crippen molar-refractivity contribution in [2.24, 2.45) is 5.92 Å². The van der Waals surface area contributed by atoms with Crippen LogP contribution in [-0.4, -0.2) is 55.9 Å². The Hall–Kier alpha value is -2.58. The number of benzene rings is 1. The second-order valence-corrected chi connectivity index (χ2v) is 9.52. The Labute approximate surface area is 188 Å². The SMILES string of the molecule is Cc1ccc2cc([C@H](c3nnnn3C[C@@H]3CCCO3)N3CCC[C@H](C)C3)c(=O)[nH]c2c1C. The van der Waals surface area contributed by atoms with Crippen LogP contribution in [0.3, 0.4) is 0 Å². The van der Waals surface area contributed by atoms with Crippen molar-refractivity contribution in [2.45, 2.75) is 65.1 Å². The lowest BCUT2D eigenvalue weighted by Gasteiger charge is -2.36. The zero-order chi connectivity index (χ0) is 22.2. The van der Waals surface area contributed by atoms with Crippen LogP contribution in [0.4, 0.5) is 0 Å². The predicted molar refractivity (Wildman–Crippen MR) is 123 cm³/mol. The monoisotopic (exact) mass is 436 g/mol. The molecule has 1 N–H and O–H groups in total. The van der Waals surface area contributed by atoms with Gasteiger partial charge in [-0.25, -0.2) is 4.68 Å². The molecule has 4 heterocycles. The fourth-order valence-corrected chi connectivity index (χ4v) is 5.22. The molecular weight excluding hydrogens is 404 g/mol. The third kappa shape index (κ3) is 3.97. The average Bonchev–Trinajstić information content (AvgIpc) is 3.45. The van der Waals surface area contributed by atoms with Crippen molar-refractivity contribution in [3.8, 4) is 0 Å². The zero-order valence-corrected chi connectivity index (χ0v) is 19.2. The molecule has 5 rings (SSSR count). The number of H-pyrrole nitrogens is 1. The minimum absolute atomic E-state index is 0.0684. The number of likely N-dealkylation sites (tertiary alicyclic amines) is 1. The number of tetrazole rings is 1. The third-order valence-electron chi connectivity index (χ3n) is 7.13. The molecule has 0 unspecified atom stereocenters. The van der Waals surface area contributed by atoms with Crippen LogP contribution >= 0.6 is 0 Å². The standard InChI is InChI=1S/C24H32N6O2/c1-15-6-4-10-29(13-15)22(23-26-27-28-30(23)14-19-7-5-11-32-19)20-12-18-9-8-16(2)17(3)21(18)25-24(20)31/h8-9,12,15,19,22H,4-7,10-11,13-14H2,1-3H3,(H,25,31)/t15-,19-,22+/m0/s1. The molecule has 32 heavy (non-hydrogen) atoms. The van der Waals surface area contributed by atoms with E-state index in [4.69, 9.17) is 4.74 Å². The molecule has 2 saturated heterocycles. The molecule has 3 aromatic rings. The van der Waals surface area contributed by atoms with Gasteiger partial charge in [-0.3, -0.25) is 9.69 Å². The summed E-state index contributed by atoms with van der Waals surface area (Å²) < 4.78 is 7.69. The van der Waals surface area contributed by atoms with Crippen molar-refractivity contribution in [3.63, 3.8) is 0 Å². The van der Waals surface area contributed by atoms with Crippen molar-refractivity contribution in [1.29, 1.82) is 0 Å². The van der Waals surface area contributed by atoms with E-state index >= 15 is 0 Å². The molecule has 2 aliphatic heterocycles. The third-order valence-corrected chi connectivity index (χ3v) is 7.13. The lowest BCUT2D eigenvalue weighted by molar-refractivity contribution is 0.0889. The van der Waals surface area contributed by atoms with Gasteiger partial charge in [0.05, 0.1) is 18.2 Å². The Morgan fingerprint density at radius 3 is 2.91 bits per heavy atom. The van der Waals surface area contributed by atoms with Gasteiger partial charge in [0.2, 0.25) is 0 Å². The highest BCUT2D eigenvalue weighted by Crippen LogP contribution is 2.32. The maximum atomic E-state index is 13.4. The van der Waals surface area contributed by atoms with Crippen LogP contribution in [0.15, 0.2) is 23.0 Å². The fraction of sp³-hybridized carbons (Fsp3) is 0.583. The Balaban J connectivity index is 1.62. The summed E-state index contributed by atoms with van der Waals surface area (Å²) in [6.45, 7) is 9.64. The zero-order valence-electron chi connectivity index (χ0n) is 19.2. The molecule has 0 radical (unpaired) electrons. The Morgan fingerprint density at radius 1 is 1.25 bits per heavy atom. The first-order chi connectivity index (χ1) is 15.5. The van der Waals surface area contributed by atoms with E-state index in [0.29, 0.717) is 18.0 Å². The average molecular weight is 437 g/mol. The van der Waals surface area contributed by atoms with Crippen LogP contribution < -0.4 is 5.56 Å². The van der Waals surface area contributed by atoms with Crippen molar-refractivity contribution in [1.82, 2.24) is 30.1 Å². The summed E-state index contributed by atoms with van der Waals surface area (Å²) in [6, 6.07) is 5.95. The first-order valence-electron chi connectivity index (χ1n) is 11.8. The van der Waals surface area contributed by atoms with Crippen LogP contribution in [0.2, 0.25) is 0 Å². The number of aromatic nitrogens is 5. The molecular formula is C24H32N6O2. The molecule has 0 bridgehead atoms. The van der Waals surface area contributed by atoms with Gasteiger partial charge in [0.25, 0.3) is 5.56 Å². The highest BCUT2D eigenvalue weighted by Gasteiger charge is 2.33. The van der Waals surface area contributed by atoms with E-state index in [1.165, 1.54) is 12.0 Å². The molecule has 8 heteroatoms. The van der Waals surface area contributed by atoms with Crippen LogP contribution in [-0.2, 0) is 11.3 Å². The lowest BCUT2D eigenvalue weighted by Crippen LogP contribution is -2.41. The number of pyridine rings is 1. The van der Waals surface area contributed by atoms with Crippen molar-refractivity contribution in [3.05, 3.63) is 51.1 Å². The minimum Gasteiger partial charge on any atom is -0.376 e. The van der Waals surface area contributed by atoms with Crippen LogP contribution in [0.1, 0.15) is 61.2 Å². The molecule has 1 aromatic carbocycles. The highest BCUT2D eigenvalue weighted by atomic mass is 16.5. The maximum Gasteiger partial charge on any atom is 0.253 e. The molecule has 8 nitrogen and oxygen atoms in total. The van der Waals surface area contributed by atoms with E-state index in [-0.39, 0.29) is 17.7 Å². The van der Waals surface area contributed by atoms with Gasteiger partial charge in [0.1, 0.15) is 6.04 Å². The summed E-state index contributed by atoms with van der Waals surface area (Å²) in [4.78, 5) is 19.0. The summed E-state index contributed by atoms with van der Waals surface area (Å²) in [5, 5.41) is 13.8. The summed E-state index contributed by atoms with van der Waals surface area (Å²) in [5.41, 5.74) is 3.82. The van der Waals surface area contributed by atoms with Gasteiger partial charge >= 0.3 is 0 Å². The topological polar surface area (TPSA) is 88.9 Å². The number of rotatable bonds is 5. The van der Waals surface area contributed by atoms with Gasteiger partial charge in [0, 0.05) is 18.7 Å². The number of hydrogen-bond acceptors (Lipinski definition) is 6. The van der Waals surface area contributed by atoms with Gasteiger partial charge in [0.15, 0.2) is 5.82 Å². The molecule has 2 aliphatic rings. The Morgan fingerprint density at radius 2 is 2.12 bits per heavy atom. The van der Waals surface area contributed by atoms with E-state index in [1.807, 2.05) is 10.7 Å². The van der Waals surface area contributed by atoms with E-state index in [0.717, 1.165) is 61.2 Å². The summed E-state index contributed by atoms with van der Waals surface area (Å²) in [5.74, 6) is 1.29. The molecule has 2 fully saturated rings. The quantitative estimate of drug-likeness (QED) is 0.661. The smallest absolute Gasteiger partial charge is 0.253 e. The summed E-state index contributed by atoms with van der Waals surface area (Å²) in [7, 11) is 0. The van der Waals surface area contributed by atoms with E-state index in [2.05, 4.69) is 58.3 Å². The van der Waals surface area contributed by atoms with Gasteiger partial charge in [-0.2, -0.15) is 0 Å². The van der Waals surface area contributed by atoms with Gasteiger partial charge in [-0.15, -0.1) is 5.10 Å². The van der Waals surface area contributed by atoms with Gasteiger partial charge in [-0.05, 0) is 85.0 Å². The van der Waals surface area contributed by atoms with Gasteiger partial charge < -0.3 is 9.72 Å². The number of aromatic amines is 1. The first-order valence-corrected chi connectivity index (χ1v) is 11.8. The van der Waals surface area contributed by atoms with Crippen molar-refractivity contribution < 1.29 is 4.74 Å². The second kappa shape index (κ2) is 8.75. The minimum atomic E-state index is -0.288. The predicted octanol–water partition coefficient (Wildman–Crippen LogP) is 3.13. The number of nitrogens with zero attached hydrogens (tertiary/aromatic N) is 5.